The Morgan fingerprint density at radius 1 is 1.00 bits per heavy atom. The van der Waals surface area contributed by atoms with Gasteiger partial charge in [0.15, 0.2) is 12.0 Å². The molecule has 0 unspecified atom stereocenters. The summed E-state index contributed by atoms with van der Waals surface area (Å²) < 4.78 is 10.5. The Labute approximate surface area is 122 Å². The van der Waals surface area contributed by atoms with E-state index in [0.29, 0.717) is 17.8 Å². The van der Waals surface area contributed by atoms with E-state index in [4.69, 9.17) is 9.15 Å². The van der Waals surface area contributed by atoms with Crippen LogP contribution >= 0.6 is 0 Å². The van der Waals surface area contributed by atoms with Crippen molar-refractivity contribution in [1.29, 1.82) is 0 Å². The van der Waals surface area contributed by atoms with Crippen molar-refractivity contribution in [2.24, 2.45) is 0 Å². The number of carbonyl (C=O) groups excluding carboxylic acids is 1. The molecular formula is C17H13NO3. The highest BCUT2D eigenvalue weighted by atomic mass is 16.5. The molecule has 0 aliphatic carbocycles. The topological polar surface area (TPSA) is 52.3 Å². The maximum Gasteiger partial charge on any atom is 0.185 e. The Kier molecular flexibility index (Phi) is 3.51. The molecule has 0 aliphatic rings. The van der Waals surface area contributed by atoms with Crippen molar-refractivity contribution < 1.29 is 13.9 Å². The molecule has 104 valence electrons. The molecule has 0 saturated carbocycles. The summed E-state index contributed by atoms with van der Waals surface area (Å²) in [5.74, 6) is 1.75. The molecule has 0 aliphatic heterocycles. The van der Waals surface area contributed by atoms with Crippen molar-refractivity contribution >= 4 is 6.29 Å². The van der Waals surface area contributed by atoms with Gasteiger partial charge in [0.25, 0.3) is 0 Å². The van der Waals surface area contributed by atoms with E-state index in [2.05, 4.69) is 4.98 Å². The molecule has 2 heterocycles. The number of carbonyl (C=O) groups is 1. The molecule has 21 heavy (non-hydrogen) atoms. The summed E-state index contributed by atoms with van der Waals surface area (Å²) in [6.07, 6.45) is 2.41. The van der Waals surface area contributed by atoms with E-state index < -0.39 is 0 Å². The van der Waals surface area contributed by atoms with Crippen LogP contribution in [0.5, 0.6) is 5.75 Å². The maximum absolute atomic E-state index is 10.6. The highest BCUT2D eigenvalue weighted by Gasteiger charge is 2.06. The number of benzene rings is 1. The number of aldehydes is 1. The first kappa shape index (κ1) is 13.1. The molecule has 4 heteroatoms. The normalized spacial score (nSPS) is 10.3. The highest BCUT2D eigenvalue weighted by Crippen LogP contribution is 2.25. The van der Waals surface area contributed by atoms with Crippen molar-refractivity contribution in [3.05, 3.63) is 60.5 Å². The molecule has 0 N–H and O–H groups in total. The number of hydrogen-bond donors (Lipinski definition) is 0. The molecule has 2 aromatic heterocycles. The monoisotopic (exact) mass is 279 g/mol. The van der Waals surface area contributed by atoms with Crippen LogP contribution in [0.2, 0.25) is 0 Å². The zero-order chi connectivity index (χ0) is 14.7. The summed E-state index contributed by atoms with van der Waals surface area (Å²) in [4.78, 5) is 15.0. The third-order valence-electron chi connectivity index (χ3n) is 3.18. The van der Waals surface area contributed by atoms with E-state index in [0.717, 1.165) is 22.6 Å². The van der Waals surface area contributed by atoms with E-state index in [9.17, 15) is 4.79 Å². The number of nitrogens with zero attached hydrogens (tertiary/aromatic N) is 1. The lowest BCUT2D eigenvalue weighted by Gasteiger charge is -2.04. The van der Waals surface area contributed by atoms with Gasteiger partial charge in [0.1, 0.15) is 11.5 Å². The minimum atomic E-state index is 0.309. The van der Waals surface area contributed by atoms with Crippen LogP contribution in [0.15, 0.2) is 59.1 Å². The van der Waals surface area contributed by atoms with Gasteiger partial charge in [-0.05, 0) is 48.5 Å². The van der Waals surface area contributed by atoms with Gasteiger partial charge in [0.05, 0.1) is 12.8 Å². The Hall–Kier alpha value is -2.88. The van der Waals surface area contributed by atoms with Gasteiger partial charge >= 0.3 is 0 Å². The summed E-state index contributed by atoms with van der Waals surface area (Å²) in [6.45, 7) is 0. The van der Waals surface area contributed by atoms with Crippen LogP contribution < -0.4 is 4.74 Å². The fourth-order valence-electron chi connectivity index (χ4n) is 2.04. The van der Waals surface area contributed by atoms with Crippen LogP contribution in [-0.2, 0) is 0 Å². The van der Waals surface area contributed by atoms with E-state index in [1.807, 2.05) is 36.4 Å². The first-order chi connectivity index (χ1) is 10.3. The minimum absolute atomic E-state index is 0.309. The summed E-state index contributed by atoms with van der Waals surface area (Å²) in [5.41, 5.74) is 2.71. The van der Waals surface area contributed by atoms with E-state index >= 15 is 0 Å². The summed E-state index contributed by atoms with van der Waals surface area (Å²) in [6, 6.07) is 14.9. The molecule has 0 saturated heterocycles. The number of rotatable bonds is 4. The van der Waals surface area contributed by atoms with Gasteiger partial charge in [-0.2, -0.15) is 0 Å². The zero-order valence-electron chi connectivity index (χ0n) is 11.4. The molecular weight excluding hydrogens is 266 g/mol. The average Bonchev–Trinajstić information content (AvgIpc) is 3.04. The molecule has 1 aromatic carbocycles. The quantitative estimate of drug-likeness (QED) is 0.681. The highest BCUT2D eigenvalue weighted by molar-refractivity contribution is 5.73. The van der Waals surface area contributed by atoms with Gasteiger partial charge in [0, 0.05) is 17.3 Å². The van der Waals surface area contributed by atoms with E-state index in [-0.39, 0.29) is 0 Å². The van der Waals surface area contributed by atoms with Crippen molar-refractivity contribution in [2.45, 2.75) is 0 Å². The summed E-state index contributed by atoms with van der Waals surface area (Å²) in [7, 11) is 1.64. The molecule has 0 fully saturated rings. The molecule has 4 nitrogen and oxygen atoms in total. The van der Waals surface area contributed by atoms with Gasteiger partial charge in [0.2, 0.25) is 0 Å². The Balaban J connectivity index is 1.87. The van der Waals surface area contributed by atoms with Gasteiger partial charge in [-0.25, -0.2) is 0 Å². The van der Waals surface area contributed by atoms with Crippen molar-refractivity contribution in [3.63, 3.8) is 0 Å². The van der Waals surface area contributed by atoms with E-state index in [1.54, 1.807) is 25.4 Å². The third-order valence-corrected chi connectivity index (χ3v) is 3.18. The number of pyridine rings is 1. The minimum Gasteiger partial charge on any atom is -0.497 e. The molecule has 0 spiro atoms. The number of ether oxygens (including phenoxy) is 1. The van der Waals surface area contributed by atoms with Crippen LogP contribution in [0.4, 0.5) is 0 Å². The Morgan fingerprint density at radius 2 is 1.76 bits per heavy atom. The molecule has 3 aromatic rings. The lowest BCUT2D eigenvalue weighted by Crippen LogP contribution is -1.86. The maximum atomic E-state index is 10.6. The van der Waals surface area contributed by atoms with Crippen LogP contribution in [0.25, 0.3) is 22.6 Å². The van der Waals surface area contributed by atoms with Crippen molar-refractivity contribution in [3.8, 4) is 28.3 Å². The molecule has 0 amide bonds. The van der Waals surface area contributed by atoms with Gasteiger partial charge in [-0.1, -0.05) is 0 Å². The lowest BCUT2D eigenvalue weighted by atomic mass is 10.1. The number of methoxy groups -OCH3 is 1. The second kappa shape index (κ2) is 5.63. The van der Waals surface area contributed by atoms with Crippen LogP contribution in [-0.4, -0.2) is 18.4 Å². The lowest BCUT2D eigenvalue weighted by molar-refractivity contribution is 0.110. The van der Waals surface area contributed by atoms with Crippen LogP contribution in [0.1, 0.15) is 10.6 Å². The molecule has 3 rings (SSSR count). The molecule has 0 bridgehead atoms. The van der Waals surface area contributed by atoms with Gasteiger partial charge in [-0.3, -0.25) is 9.78 Å². The fraction of sp³-hybridized carbons (Fsp3) is 0.0588. The predicted molar refractivity (Wildman–Crippen MR) is 79.3 cm³/mol. The SMILES string of the molecule is COc1ccc(-c2ccc(-c3ccc(C=O)o3)cn2)cc1. The van der Waals surface area contributed by atoms with Crippen LogP contribution in [0, 0.1) is 0 Å². The Morgan fingerprint density at radius 3 is 2.33 bits per heavy atom. The summed E-state index contributed by atoms with van der Waals surface area (Å²) in [5, 5.41) is 0. The van der Waals surface area contributed by atoms with Crippen LogP contribution in [0.3, 0.4) is 0 Å². The average molecular weight is 279 g/mol. The molecule has 0 radical (unpaired) electrons. The van der Waals surface area contributed by atoms with Crippen molar-refractivity contribution in [2.75, 3.05) is 7.11 Å². The second-order valence-corrected chi connectivity index (χ2v) is 4.48. The first-order valence-corrected chi connectivity index (χ1v) is 6.46. The fourth-order valence-corrected chi connectivity index (χ4v) is 2.04. The number of hydrogen-bond acceptors (Lipinski definition) is 4. The number of furan rings is 1. The van der Waals surface area contributed by atoms with Gasteiger partial charge < -0.3 is 9.15 Å². The van der Waals surface area contributed by atoms with E-state index in [1.165, 1.54) is 0 Å². The van der Waals surface area contributed by atoms with Crippen molar-refractivity contribution in [1.82, 2.24) is 4.98 Å². The predicted octanol–water partition coefficient (Wildman–Crippen LogP) is 3.83. The largest absolute Gasteiger partial charge is 0.497 e. The smallest absolute Gasteiger partial charge is 0.185 e. The Bertz CT molecular complexity index is 742. The first-order valence-electron chi connectivity index (χ1n) is 6.46. The summed E-state index contributed by atoms with van der Waals surface area (Å²) >= 11 is 0. The number of aromatic nitrogens is 1. The standard InChI is InChI=1S/C17H13NO3/c1-20-14-5-2-12(3-6-14)16-8-4-13(10-18-16)17-9-7-15(11-19)21-17/h2-11H,1H3. The zero-order valence-corrected chi connectivity index (χ0v) is 11.4. The molecule has 0 atom stereocenters. The van der Waals surface area contributed by atoms with Gasteiger partial charge in [-0.15, -0.1) is 0 Å². The second-order valence-electron chi connectivity index (χ2n) is 4.48. The third kappa shape index (κ3) is 2.69.